The van der Waals surface area contributed by atoms with E-state index in [1.807, 2.05) is 15.5 Å². The minimum absolute atomic E-state index is 0.0384. The number of rotatable bonds is 5. The Hall–Kier alpha value is -2.51. The van der Waals surface area contributed by atoms with Gasteiger partial charge in [0.25, 0.3) is 11.5 Å². The first-order valence-electron chi connectivity index (χ1n) is 12.2. The molecule has 4 heterocycles. The summed E-state index contributed by atoms with van der Waals surface area (Å²) < 4.78 is 21.5. The Kier molecular flexibility index (Phi) is 6.60. The Morgan fingerprint density at radius 1 is 1.06 bits per heavy atom. The summed E-state index contributed by atoms with van der Waals surface area (Å²) in [6, 6.07) is 8.09. The fourth-order valence-electron chi connectivity index (χ4n) is 5.41. The number of piperidine rings is 1. The molecule has 1 aromatic carbocycles. The van der Waals surface area contributed by atoms with Gasteiger partial charge >= 0.3 is 0 Å². The lowest BCUT2D eigenvalue weighted by atomic mass is 9.98. The zero-order chi connectivity index (χ0) is 22.8. The van der Waals surface area contributed by atoms with E-state index in [0.717, 1.165) is 43.7 Å². The molecule has 0 N–H and O–H groups in total. The fraction of sp³-hybridized carbons (Fsp3) is 0.538. The number of carbonyl (C=O) groups excluding carboxylic acids is 1. The van der Waals surface area contributed by atoms with Crippen LogP contribution in [0.15, 0.2) is 35.1 Å². The average molecular weight is 454 g/mol. The third kappa shape index (κ3) is 4.75. The van der Waals surface area contributed by atoms with Gasteiger partial charge in [-0.25, -0.2) is 4.39 Å². The molecular formula is C26H32FN3O3. The van der Waals surface area contributed by atoms with Crippen LogP contribution >= 0.6 is 0 Å². The van der Waals surface area contributed by atoms with Crippen molar-refractivity contribution in [3.05, 3.63) is 57.8 Å². The summed E-state index contributed by atoms with van der Waals surface area (Å²) in [6.45, 7) is 5.28. The number of ether oxygens (including phenoxy) is 1. The van der Waals surface area contributed by atoms with E-state index in [2.05, 4.69) is 4.90 Å². The molecule has 7 heteroatoms. The molecule has 0 aliphatic carbocycles. The third-order valence-electron chi connectivity index (χ3n) is 7.21. The van der Waals surface area contributed by atoms with Gasteiger partial charge in [0.15, 0.2) is 0 Å². The highest BCUT2D eigenvalue weighted by Crippen LogP contribution is 2.26. The average Bonchev–Trinajstić information content (AvgIpc) is 3.38. The van der Waals surface area contributed by atoms with E-state index in [1.165, 1.54) is 31.4 Å². The number of aromatic nitrogens is 1. The van der Waals surface area contributed by atoms with Gasteiger partial charge in [-0.3, -0.25) is 9.59 Å². The first-order chi connectivity index (χ1) is 16.1. The number of likely N-dealkylation sites (tertiary alicyclic amines) is 1. The van der Waals surface area contributed by atoms with Crippen molar-refractivity contribution >= 4 is 5.91 Å². The van der Waals surface area contributed by atoms with Crippen molar-refractivity contribution in [2.45, 2.75) is 57.7 Å². The zero-order valence-corrected chi connectivity index (χ0v) is 19.1. The third-order valence-corrected chi connectivity index (χ3v) is 7.21. The van der Waals surface area contributed by atoms with E-state index in [0.29, 0.717) is 43.8 Å². The number of benzene rings is 1. The molecule has 2 saturated heterocycles. The van der Waals surface area contributed by atoms with Gasteiger partial charge in [-0.2, -0.15) is 0 Å². The fourth-order valence-corrected chi connectivity index (χ4v) is 5.41. The Balaban J connectivity index is 1.48. The van der Waals surface area contributed by atoms with Gasteiger partial charge in [0.05, 0.1) is 0 Å². The van der Waals surface area contributed by atoms with Crippen LogP contribution in [-0.4, -0.2) is 59.2 Å². The van der Waals surface area contributed by atoms with Gasteiger partial charge < -0.3 is 19.1 Å². The molecule has 6 nitrogen and oxygen atoms in total. The van der Waals surface area contributed by atoms with E-state index in [1.54, 1.807) is 12.1 Å². The summed E-state index contributed by atoms with van der Waals surface area (Å²) in [5, 5.41) is 0. The Labute approximate surface area is 193 Å². The Morgan fingerprint density at radius 3 is 2.67 bits per heavy atom. The molecule has 5 rings (SSSR count). The van der Waals surface area contributed by atoms with Gasteiger partial charge in [-0.05, 0) is 68.1 Å². The molecular weight excluding hydrogens is 421 g/mol. The maximum absolute atomic E-state index is 14.0. The van der Waals surface area contributed by atoms with Gasteiger partial charge in [-0.1, -0.05) is 18.6 Å². The molecule has 3 aliphatic rings. The molecule has 0 radical (unpaired) electrons. The summed E-state index contributed by atoms with van der Waals surface area (Å²) in [6.07, 6.45) is 5.67. The van der Waals surface area contributed by atoms with Crippen molar-refractivity contribution in [1.82, 2.24) is 14.4 Å². The predicted molar refractivity (Wildman–Crippen MR) is 124 cm³/mol. The lowest BCUT2D eigenvalue weighted by Crippen LogP contribution is -2.44. The van der Waals surface area contributed by atoms with E-state index < -0.39 is 0 Å². The predicted octanol–water partition coefficient (Wildman–Crippen LogP) is 3.20. The second-order valence-corrected chi connectivity index (χ2v) is 9.41. The lowest BCUT2D eigenvalue weighted by Gasteiger charge is -2.33. The number of amides is 1. The van der Waals surface area contributed by atoms with Gasteiger partial charge in [0, 0.05) is 50.5 Å². The minimum Gasteiger partial charge on any atom is -0.368 e. The first-order valence-corrected chi connectivity index (χ1v) is 12.2. The van der Waals surface area contributed by atoms with Crippen molar-refractivity contribution in [3.63, 3.8) is 0 Å². The molecule has 176 valence electrons. The number of hydrogen-bond acceptors (Lipinski definition) is 4. The highest BCUT2D eigenvalue weighted by Gasteiger charge is 2.31. The maximum Gasteiger partial charge on any atom is 0.258 e. The van der Waals surface area contributed by atoms with Crippen molar-refractivity contribution in [2.24, 2.45) is 0 Å². The van der Waals surface area contributed by atoms with E-state index in [9.17, 15) is 14.0 Å². The van der Waals surface area contributed by atoms with Crippen LogP contribution in [-0.2, 0) is 29.0 Å². The van der Waals surface area contributed by atoms with E-state index in [-0.39, 0.29) is 23.4 Å². The Morgan fingerprint density at radius 2 is 1.91 bits per heavy atom. The molecule has 0 spiro atoms. The topological polar surface area (TPSA) is 54.8 Å². The van der Waals surface area contributed by atoms with Crippen molar-refractivity contribution in [2.75, 3.05) is 32.8 Å². The van der Waals surface area contributed by atoms with Crippen LogP contribution in [0.3, 0.4) is 0 Å². The second-order valence-electron chi connectivity index (χ2n) is 9.41. The largest absolute Gasteiger partial charge is 0.368 e. The summed E-state index contributed by atoms with van der Waals surface area (Å²) >= 11 is 0. The number of carbonyl (C=O) groups is 1. The normalized spacial score (nSPS) is 21.2. The van der Waals surface area contributed by atoms with E-state index in [4.69, 9.17) is 4.74 Å². The highest BCUT2D eigenvalue weighted by molar-refractivity contribution is 5.81. The highest BCUT2D eigenvalue weighted by atomic mass is 19.1. The van der Waals surface area contributed by atoms with Gasteiger partial charge in [0.1, 0.15) is 11.9 Å². The maximum atomic E-state index is 14.0. The Bertz CT molecular complexity index is 1070. The van der Waals surface area contributed by atoms with Gasteiger partial charge in [-0.15, -0.1) is 0 Å². The number of nitrogens with zero attached hydrogens (tertiary/aromatic N) is 3. The van der Waals surface area contributed by atoms with Gasteiger partial charge in [0.2, 0.25) is 0 Å². The zero-order valence-electron chi connectivity index (χ0n) is 19.1. The molecule has 1 unspecified atom stereocenters. The molecule has 1 atom stereocenters. The summed E-state index contributed by atoms with van der Waals surface area (Å²) in [4.78, 5) is 30.8. The molecule has 2 fully saturated rings. The molecule has 3 aliphatic heterocycles. The smallest absolute Gasteiger partial charge is 0.258 e. The number of hydrogen-bond donors (Lipinski definition) is 0. The van der Waals surface area contributed by atoms with Crippen LogP contribution in [0.2, 0.25) is 0 Å². The van der Waals surface area contributed by atoms with Crippen molar-refractivity contribution < 1.29 is 13.9 Å². The number of fused-ring (bicyclic) bond motifs is 1. The monoisotopic (exact) mass is 453 g/mol. The molecule has 1 amide bonds. The SMILES string of the molecule is O=C(C1CCCO1)N1CCc2c(cc(-c3cccc(F)c3)c(=O)n2CCN2CCCCC2)C1. The number of halogens is 1. The minimum atomic E-state index is -0.361. The summed E-state index contributed by atoms with van der Waals surface area (Å²) in [7, 11) is 0. The summed E-state index contributed by atoms with van der Waals surface area (Å²) in [5.41, 5.74) is 2.99. The lowest BCUT2D eigenvalue weighted by molar-refractivity contribution is -0.141. The van der Waals surface area contributed by atoms with E-state index >= 15 is 0 Å². The molecule has 0 saturated carbocycles. The van der Waals surface area contributed by atoms with Crippen molar-refractivity contribution in [3.8, 4) is 11.1 Å². The van der Waals surface area contributed by atoms with Crippen molar-refractivity contribution in [1.29, 1.82) is 0 Å². The van der Waals surface area contributed by atoms with Crippen LogP contribution in [0.25, 0.3) is 11.1 Å². The molecule has 33 heavy (non-hydrogen) atoms. The quantitative estimate of drug-likeness (QED) is 0.698. The summed E-state index contributed by atoms with van der Waals surface area (Å²) in [5.74, 6) is -0.323. The van der Waals surface area contributed by atoms with Crippen LogP contribution in [0.4, 0.5) is 4.39 Å². The second kappa shape index (κ2) is 9.77. The van der Waals surface area contributed by atoms with Crippen LogP contribution < -0.4 is 5.56 Å². The standard InChI is InChI=1S/C26H32FN3O3/c27-21-7-4-6-19(16-21)22-17-20-18-29(26(32)24-8-5-15-33-24)12-9-23(20)30(25(22)31)14-13-28-10-2-1-3-11-28/h4,6-7,16-17,24H,1-3,5,8-15,18H2. The first kappa shape index (κ1) is 22.3. The molecule has 1 aromatic heterocycles. The molecule has 2 aromatic rings. The van der Waals surface area contributed by atoms with Crippen LogP contribution in [0.5, 0.6) is 0 Å². The van der Waals surface area contributed by atoms with Crippen LogP contribution in [0, 0.1) is 5.82 Å². The molecule has 0 bridgehead atoms. The van der Waals surface area contributed by atoms with Crippen LogP contribution in [0.1, 0.15) is 43.4 Å². The number of pyridine rings is 1.